The van der Waals surface area contributed by atoms with Crippen LogP contribution < -0.4 is 0 Å². The van der Waals surface area contributed by atoms with Gasteiger partial charge in [-0.15, -0.1) is 0 Å². The van der Waals surface area contributed by atoms with E-state index in [1.165, 1.54) is 12.8 Å². The number of aliphatic hydroxyl groups is 2. The van der Waals surface area contributed by atoms with Crippen LogP contribution in [0.4, 0.5) is 0 Å². The second-order valence-corrected chi connectivity index (χ2v) is 7.00. The van der Waals surface area contributed by atoms with Crippen molar-refractivity contribution in [1.29, 1.82) is 0 Å². The molecule has 5 nitrogen and oxygen atoms in total. The predicted molar refractivity (Wildman–Crippen MR) is 84.2 cm³/mol. The quantitative estimate of drug-likeness (QED) is 0.473. The molecule has 21 heavy (non-hydrogen) atoms. The first-order chi connectivity index (χ1) is 10.0. The summed E-state index contributed by atoms with van der Waals surface area (Å²) in [6, 6.07) is 0. The van der Waals surface area contributed by atoms with Crippen molar-refractivity contribution < 1.29 is 10.2 Å². The van der Waals surface area contributed by atoms with Gasteiger partial charge in [-0.1, -0.05) is 25.1 Å². The summed E-state index contributed by atoms with van der Waals surface area (Å²) in [6.45, 7) is 5.85. The fraction of sp³-hybridized carbons (Fsp3) is 0.733. The summed E-state index contributed by atoms with van der Waals surface area (Å²) in [6.07, 6.45) is 5.98. The van der Waals surface area contributed by atoms with Crippen LogP contribution in [-0.2, 0) is 6.54 Å². The zero-order chi connectivity index (χ0) is 15.3. The fourth-order valence-electron chi connectivity index (χ4n) is 2.29. The van der Waals surface area contributed by atoms with Gasteiger partial charge in [-0.05, 0) is 19.8 Å². The molecule has 0 bridgehead atoms. The van der Waals surface area contributed by atoms with E-state index in [1.807, 2.05) is 12.4 Å². The standard InChI is InChI=1S/C15H25N3O2S/c1-3-4-7-21-14-16-8-12(9-17-14)10-18-6-5-15(2,20)13(19)11-18/h8-9,13,19-20H,3-7,10-11H2,1-2H3. The lowest BCUT2D eigenvalue weighted by Gasteiger charge is -2.39. The van der Waals surface area contributed by atoms with Gasteiger partial charge in [0.25, 0.3) is 0 Å². The maximum absolute atomic E-state index is 9.96. The highest BCUT2D eigenvalue weighted by Gasteiger charge is 2.36. The molecule has 2 heterocycles. The van der Waals surface area contributed by atoms with Crippen molar-refractivity contribution in [2.75, 3.05) is 18.8 Å². The number of piperidine rings is 1. The third kappa shape index (κ3) is 4.92. The minimum Gasteiger partial charge on any atom is -0.389 e. The van der Waals surface area contributed by atoms with E-state index in [-0.39, 0.29) is 0 Å². The van der Waals surface area contributed by atoms with Crippen LogP contribution in [0.3, 0.4) is 0 Å². The number of likely N-dealkylation sites (tertiary alicyclic amines) is 1. The Labute approximate surface area is 130 Å². The lowest BCUT2D eigenvalue weighted by molar-refractivity contribution is -0.108. The number of rotatable bonds is 6. The fourth-order valence-corrected chi connectivity index (χ4v) is 3.16. The Morgan fingerprint density at radius 2 is 2.14 bits per heavy atom. The molecular weight excluding hydrogens is 286 g/mol. The Bertz CT molecular complexity index is 439. The Balaban J connectivity index is 1.83. The first-order valence-corrected chi connectivity index (χ1v) is 8.56. The largest absolute Gasteiger partial charge is 0.389 e. The van der Waals surface area contributed by atoms with Crippen molar-refractivity contribution in [2.45, 2.75) is 56.5 Å². The van der Waals surface area contributed by atoms with E-state index in [0.29, 0.717) is 19.5 Å². The van der Waals surface area contributed by atoms with Crippen LogP contribution >= 0.6 is 11.8 Å². The van der Waals surface area contributed by atoms with E-state index in [2.05, 4.69) is 21.8 Å². The third-order valence-electron chi connectivity index (χ3n) is 3.90. The number of hydrogen-bond donors (Lipinski definition) is 2. The summed E-state index contributed by atoms with van der Waals surface area (Å²) in [5.74, 6) is 1.06. The van der Waals surface area contributed by atoms with Gasteiger partial charge in [0.2, 0.25) is 0 Å². The van der Waals surface area contributed by atoms with Gasteiger partial charge in [0.05, 0.1) is 11.7 Å². The van der Waals surface area contributed by atoms with E-state index in [1.54, 1.807) is 18.7 Å². The van der Waals surface area contributed by atoms with Gasteiger partial charge in [-0.3, -0.25) is 4.90 Å². The van der Waals surface area contributed by atoms with Crippen molar-refractivity contribution >= 4 is 11.8 Å². The van der Waals surface area contributed by atoms with Crippen molar-refractivity contribution in [3.63, 3.8) is 0 Å². The Morgan fingerprint density at radius 3 is 2.76 bits per heavy atom. The molecule has 2 unspecified atom stereocenters. The molecule has 0 aromatic carbocycles. The Morgan fingerprint density at radius 1 is 1.43 bits per heavy atom. The second-order valence-electron chi connectivity index (χ2n) is 5.93. The molecule has 0 saturated carbocycles. The van der Waals surface area contributed by atoms with Gasteiger partial charge >= 0.3 is 0 Å². The molecule has 6 heteroatoms. The molecule has 2 rings (SSSR count). The maximum atomic E-state index is 9.96. The van der Waals surface area contributed by atoms with Gasteiger partial charge < -0.3 is 10.2 Å². The molecule has 1 aliphatic heterocycles. The number of nitrogens with zero attached hydrogens (tertiary/aromatic N) is 3. The normalized spacial score (nSPS) is 27.0. The average Bonchev–Trinajstić information content (AvgIpc) is 2.45. The molecular formula is C15H25N3O2S. The summed E-state index contributed by atoms with van der Waals surface area (Å²) in [5, 5.41) is 20.7. The second kappa shape index (κ2) is 7.54. The molecule has 0 spiro atoms. The maximum Gasteiger partial charge on any atom is 0.187 e. The molecule has 1 saturated heterocycles. The van der Waals surface area contributed by atoms with Crippen LogP contribution in [0, 0.1) is 0 Å². The highest BCUT2D eigenvalue weighted by molar-refractivity contribution is 7.99. The zero-order valence-corrected chi connectivity index (χ0v) is 13.6. The Kier molecular flexibility index (Phi) is 5.98. The number of β-amino-alcohol motifs (C(OH)–C–C–N with tert-alkyl or cyclic N) is 1. The summed E-state index contributed by atoms with van der Waals surface area (Å²) in [4.78, 5) is 10.9. The molecule has 0 radical (unpaired) electrons. The minimum absolute atomic E-state index is 0.486. The van der Waals surface area contributed by atoms with E-state index < -0.39 is 11.7 Å². The SMILES string of the molecule is CCCCSc1ncc(CN2CCC(C)(O)C(O)C2)cn1. The van der Waals surface area contributed by atoms with Gasteiger partial charge in [-0.25, -0.2) is 9.97 Å². The predicted octanol–water partition coefficient (Wildman–Crippen LogP) is 1.69. The van der Waals surface area contributed by atoms with E-state index in [0.717, 1.165) is 23.0 Å². The number of thioether (sulfide) groups is 1. The summed E-state index contributed by atoms with van der Waals surface area (Å²) in [7, 11) is 0. The molecule has 1 aliphatic rings. The third-order valence-corrected chi connectivity index (χ3v) is 4.86. The lowest BCUT2D eigenvalue weighted by atomic mass is 9.90. The van der Waals surface area contributed by atoms with E-state index in [9.17, 15) is 10.2 Å². The van der Waals surface area contributed by atoms with Gasteiger partial charge in [0.1, 0.15) is 0 Å². The van der Waals surface area contributed by atoms with Crippen molar-refractivity contribution in [2.24, 2.45) is 0 Å². The van der Waals surface area contributed by atoms with Gasteiger partial charge in [0, 0.05) is 43.3 Å². The molecule has 2 N–H and O–H groups in total. The summed E-state index contributed by atoms with van der Waals surface area (Å²) < 4.78 is 0. The topological polar surface area (TPSA) is 69.5 Å². The first-order valence-electron chi connectivity index (χ1n) is 7.58. The van der Waals surface area contributed by atoms with Crippen LogP contribution in [0.25, 0.3) is 0 Å². The highest BCUT2D eigenvalue weighted by Crippen LogP contribution is 2.23. The van der Waals surface area contributed by atoms with E-state index in [4.69, 9.17) is 0 Å². The number of aromatic nitrogens is 2. The summed E-state index contributed by atoms with van der Waals surface area (Å²) in [5.41, 5.74) is 0.0795. The average molecular weight is 311 g/mol. The minimum atomic E-state index is -0.966. The van der Waals surface area contributed by atoms with Crippen molar-refractivity contribution in [1.82, 2.24) is 14.9 Å². The van der Waals surface area contributed by atoms with Crippen LogP contribution in [-0.4, -0.2) is 55.6 Å². The van der Waals surface area contributed by atoms with Crippen LogP contribution in [0.1, 0.15) is 38.7 Å². The first kappa shape index (κ1) is 16.7. The van der Waals surface area contributed by atoms with Crippen LogP contribution in [0.5, 0.6) is 0 Å². The van der Waals surface area contributed by atoms with Gasteiger partial charge in [0.15, 0.2) is 5.16 Å². The molecule has 1 fully saturated rings. The van der Waals surface area contributed by atoms with Crippen LogP contribution in [0.2, 0.25) is 0 Å². The smallest absolute Gasteiger partial charge is 0.187 e. The Hall–Kier alpha value is -0.690. The number of aliphatic hydroxyl groups excluding tert-OH is 1. The van der Waals surface area contributed by atoms with Crippen molar-refractivity contribution in [3.8, 4) is 0 Å². The van der Waals surface area contributed by atoms with E-state index >= 15 is 0 Å². The van der Waals surface area contributed by atoms with Crippen LogP contribution in [0.15, 0.2) is 17.6 Å². The number of unbranched alkanes of at least 4 members (excludes halogenated alkanes) is 1. The van der Waals surface area contributed by atoms with Crippen molar-refractivity contribution in [3.05, 3.63) is 18.0 Å². The number of hydrogen-bond acceptors (Lipinski definition) is 6. The lowest BCUT2D eigenvalue weighted by Crippen LogP contribution is -2.53. The summed E-state index contributed by atoms with van der Waals surface area (Å²) >= 11 is 1.69. The molecule has 118 valence electrons. The zero-order valence-electron chi connectivity index (χ0n) is 12.8. The van der Waals surface area contributed by atoms with Gasteiger partial charge in [-0.2, -0.15) is 0 Å². The molecule has 1 aromatic heterocycles. The molecule has 0 aliphatic carbocycles. The highest BCUT2D eigenvalue weighted by atomic mass is 32.2. The molecule has 0 amide bonds. The molecule has 1 aromatic rings. The molecule has 2 atom stereocenters. The monoisotopic (exact) mass is 311 g/mol.